The first kappa shape index (κ1) is 17.0. The smallest absolute Gasteiger partial charge is 0.255 e. The van der Waals surface area contributed by atoms with Crippen LogP contribution in [0, 0.1) is 5.82 Å². The van der Waals surface area contributed by atoms with Crippen LogP contribution in [0.4, 0.5) is 10.1 Å². The molecule has 2 aromatic carbocycles. The van der Waals surface area contributed by atoms with Crippen molar-refractivity contribution in [1.82, 2.24) is 0 Å². The van der Waals surface area contributed by atoms with Crippen LogP contribution in [0.5, 0.6) is 5.75 Å². The van der Waals surface area contributed by atoms with Crippen LogP contribution in [-0.4, -0.2) is 19.1 Å². The van der Waals surface area contributed by atoms with Crippen molar-refractivity contribution in [2.75, 3.05) is 18.5 Å². The molecule has 122 valence electrons. The van der Waals surface area contributed by atoms with Gasteiger partial charge in [-0.1, -0.05) is 6.07 Å². The number of anilines is 1. The number of amides is 1. The molecule has 2 rings (SSSR count). The molecule has 0 saturated heterocycles. The Kier molecular flexibility index (Phi) is 6.11. The number of carbonyl (C=O) groups is 1. The lowest BCUT2D eigenvalue weighted by atomic mass is 10.1. The van der Waals surface area contributed by atoms with Gasteiger partial charge in [-0.25, -0.2) is 4.39 Å². The minimum atomic E-state index is -0.397. The predicted molar refractivity (Wildman–Crippen MR) is 87.3 cm³/mol. The standard InChI is InChI=1S/C18H20FNO3/c1-3-22-12-14-10-13(8-9-17(14)23-4-2)18(21)20-16-7-5-6-15(19)11-16/h5-11H,3-4,12H2,1-2H3,(H,20,21). The van der Waals surface area contributed by atoms with Crippen LogP contribution in [0.3, 0.4) is 0 Å². The Balaban J connectivity index is 2.19. The maximum Gasteiger partial charge on any atom is 0.255 e. The highest BCUT2D eigenvalue weighted by Gasteiger charge is 2.11. The second-order valence-electron chi connectivity index (χ2n) is 4.86. The van der Waals surface area contributed by atoms with E-state index in [-0.39, 0.29) is 5.91 Å². The van der Waals surface area contributed by atoms with Crippen LogP contribution in [-0.2, 0) is 11.3 Å². The minimum Gasteiger partial charge on any atom is -0.494 e. The van der Waals surface area contributed by atoms with Crippen molar-refractivity contribution in [3.8, 4) is 5.75 Å². The molecule has 0 aromatic heterocycles. The lowest BCUT2D eigenvalue weighted by Gasteiger charge is -2.12. The van der Waals surface area contributed by atoms with Crippen molar-refractivity contribution >= 4 is 11.6 Å². The van der Waals surface area contributed by atoms with E-state index in [2.05, 4.69) is 5.32 Å². The van der Waals surface area contributed by atoms with Gasteiger partial charge in [0, 0.05) is 23.4 Å². The van der Waals surface area contributed by atoms with Crippen LogP contribution in [0.15, 0.2) is 42.5 Å². The van der Waals surface area contributed by atoms with Crippen molar-refractivity contribution < 1.29 is 18.7 Å². The van der Waals surface area contributed by atoms with Crippen LogP contribution < -0.4 is 10.1 Å². The molecular formula is C18H20FNO3. The quantitative estimate of drug-likeness (QED) is 0.839. The molecule has 1 amide bonds. The van der Waals surface area contributed by atoms with E-state index < -0.39 is 5.82 Å². The molecule has 5 heteroatoms. The van der Waals surface area contributed by atoms with E-state index in [9.17, 15) is 9.18 Å². The molecule has 2 aromatic rings. The van der Waals surface area contributed by atoms with Gasteiger partial charge in [0.2, 0.25) is 0 Å². The molecule has 0 aliphatic rings. The molecule has 0 heterocycles. The van der Waals surface area contributed by atoms with E-state index in [1.807, 2.05) is 13.8 Å². The summed E-state index contributed by atoms with van der Waals surface area (Å²) in [6.07, 6.45) is 0. The Labute approximate surface area is 135 Å². The molecule has 23 heavy (non-hydrogen) atoms. The van der Waals surface area contributed by atoms with Gasteiger partial charge in [0.1, 0.15) is 11.6 Å². The highest BCUT2D eigenvalue weighted by Crippen LogP contribution is 2.22. The van der Waals surface area contributed by atoms with Crippen molar-refractivity contribution in [3.05, 3.63) is 59.4 Å². The molecular weight excluding hydrogens is 297 g/mol. The van der Waals surface area contributed by atoms with Crippen molar-refractivity contribution in [2.24, 2.45) is 0 Å². The van der Waals surface area contributed by atoms with E-state index in [0.29, 0.717) is 36.8 Å². The third-order valence-electron chi connectivity index (χ3n) is 3.17. The third-order valence-corrected chi connectivity index (χ3v) is 3.17. The topological polar surface area (TPSA) is 47.6 Å². The maximum atomic E-state index is 13.2. The number of ether oxygens (including phenoxy) is 2. The molecule has 4 nitrogen and oxygen atoms in total. The number of halogens is 1. The Morgan fingerprint density at radius 2 is 1.96 bits per heavy atom. The van der Waals surface area contributed by atoms with Crippen LogP contribution in [0.1, 0.15) is 29.8 Å². The van der Waals surface area contributed by atoms with Crippen molar-refractivity contribution in [1.29, 1.82) is 0 Å². The molecule has 0 aliphatic carbocycles. The van der Waals surface area contributed by atoms with Crippen LogP contribution in [0.2, 0.25) is 0 Å². The summed E-state index contributed by atoms with van der Waals surface area (Å²) in [4.78, 5) is 12.3. The van der Waals surface area contributed by atoms with Crippen LogP contribution in [0.25, 0.3) is 0 Å². The zero-order valence-electron chi connectivity index (χ0n) is 13.3. The summed E-state index contributed by atoms with van der Waals surface area (Å²) in [7, 11) is 0. The van der Waals surface area contributed by atoms with Gasteiger partial charge in [-0.2, -0.15) is 0 Å². The monoisotopic (exact) mass is 317 g/mol. The number of hydrogen-bond donors (Lipinski definition) is 1. The number of hydrogen-bond acceptors (Lipinski definition) is 3. The number of nitrogens with one attached hydrogen (secondary N) is 1. The van der Waals surface area contributed by atoms with Gasteiger partial charge in [0.05, 0.1) is 13.2 Å². The number of carbonyl (C=O) groups excluding carboxylic acids is 1. The van der Waals surface area contributed by atoms with E-state index in [1.165, 1.54) is 12.1 Å². The van der Waals surface area contributed by atoms with Crippen molar-refractivity contribution in [2.45, 2.75) is 20.5 Å². The molecule has 0 bridgehead atoms. The third kappa shape index (κ3) is 4.79. The Hall–Kier alpha value is -2.40. The zero-order valence-corrected chi connectivity index (χ0v) is 13.3. The van der Waals surface area contributed by atoms with Gasteiger partial charge < -0.3 is 14.8 Å². The average Bonchev–Trinajstić information content (AvgIpc) is 2.54. The molecule has 0 unspecified atom stereocenters. The summed E-state index contributed by atoms with van der Waals surface area (Å²) in [6.45, 7) is 5.28. The van der Waals surface area contributed by atoms with E-state index >= 15 is 0 Å². The fourth-order valence-electron chi connectivity index (χ4n) is 2.11. The summed E-state index contributed by atoms with van der Waals surface area (Å²) in [5, 5.41) is 2.67. The molecule has 0 saturated carbocycles. The molecule has 0 fully saturated rings. The van der Waals surface area contributed by atoms with Gasteiger partial charge in [-0.05, 0) is 50.2 Å². The normalized spacial score (nSPS) is 10.4. The molecule has 0 atom stereocenters. The van der Waals surface area contributed by atoms with E-state index in [1.54, 1.807) is 30.3 Å². The highest BCUT2D eigenvalue weighted by molar-refractivity contribution is 6.04. The second-order valence-corrected chi connectivity index (χ2v) is 4.86. The molecule has 0 spiro atoms. The maximum absolute atomic E-state index is 13.2. The fourth-order valence-corrected chi connectivity index (χ4v) is 2.11. The summed E-state index contributed by atoms with van der Waals surface area (Å²) in [5.74, 6) is -0.00817. The Bertz CT molecular complexity index is 673. The van der Waals surface area contributed by atoms with Gasteiger partial charge >= 0.3 is 0 Å². The summed E-state index contributed by atoms with van der Waals surface area (Å²) in [5.41, 5.74) is 1.68. The van der Waals surface area contributed by atoms with Gasteiger partial charge in [-0.3, -0.25) is 4.79 Å². The zero-order chi connectivity index (χ0) is 16.7. The summed E-state index contributed by atoms with van der Waals surface area (Å²) >= 11 is 0. The largest absolute Gasteiger partial charge is 0.494 e. The second kappa shape index (κ2) is 8.29. The molecule has 0 aliphatic heterocycles. The lowest BCUT2D eigenvalue weighted by molar-refractivity contribution is 0.102. The van der Waals surface area contributed by atoms with Gasteiger partial charge in [-0.15, -0.1) is 0 Å². The predicted octanol–water partition coefficient (Wildman–Crippen LogP) is 4.01. The summed E-state index contributed by atoms with van der Waals surface area (Å²) in [6, 6.07) is 10.9. The first-order chi connectivity index (χ1) is 11.1. The Morgan fingerprint density at radius 1 is 1.13 bits per heavy atom. The Morgan fingerprint density at radius 3 is 2.65 bits per heavy atom. The molecule has 1 N–H and O–H groups in total. The SMILES string of the molecule is CCOCc1cc(C(=O)Nc2cccc(F)c2)ccc1OCC. The van der Waals surface area contributed by atoms with Crippen LogP contribution >= 0.6 is 0 Å². The lowest BCUT2D eigenvalue weighted by Crippen LogP contribution is -2.13. The van der Waals surface area contributed by atoms with Gasteiger partial charge in [0.25, 0.3) is 5.91 Å². The average molecular weight is 317 g/mol. The number of rotatable bonds is 7. The van der Waals surface area contributed by atoms with E-state index in [0.717, 1.165) is 5.56 Å². The fraction of sp³-hybridized carbons (Fsp3) is 0.278. The number of benzene rings is 2. The highest BCUT2D eigenvalue weighted by atomic mass is 19.1. The first-order valence-corrected chi connectivity index (χ1v) is 7.54. The molecule has 0 radical (unpaired) electrons. The first-order valence-electron chi connectivity index (χ1n) is 7.54. The van der Waals surface area contributed by atoms with E-state index in [4.69, 9.17) is 9.47 Å². The van der Waals surface area contributed by atoms with Crippen molar-refractivity contribution in [3.63, 3.8) is 0 Å². The minimum absolute atomic E-state index is 0.309. The summed E-state index contributed by atoms with van der Waals surface area (Å²) < 4.78 is 24.1. The van der Waals surface area contributed by atoms with Gasteiger partial charge in [0.15, 0.2) is 0 Å².